The summed E-state index contributed by atoms with van der Waals surface area (Å²) in [4.78, 5) is 50.2. The highest BCUT2D eigenvalue weighted by molar-refractivity contribution is 6.38. The van der Waals surface area contributed by atoms with Gasteiger partial charge in [0.15, 0.2) is 11.6 Å². The monoisotopic (exact) mass is 429 g/mol. The molecule has 0 saturated heterocycles. The quantitative estimate of drug-likeness (QED) is 0.630. The molecular formula is C25H35NO5. The third-order valence-corrected chi connectivity index (χ3v) is 5.80. The number of hydrogen-bond acceptors (Lipinski definition) is 5. The molecule has 0 aliphatic heterocycles. The molecule has 1 N–H and O–H groups in total. The highest BCUT2D eigenvalue weighted by atomic mass is 16.5. The first-order valence-electron chi connectivity index (χ1n) is 11.5. The van der Waals surface area contributed by atoms with Crippen LogP contribution in [-0.4, -0.2) is 29.5 Å². The van der Waals surface area contributed by atoms with Crippen LogP contribution in [0.1, 0.15) is 77.2 Å². The molecule has 1 aliphatic rings. The van der Waals surface area contributed by atoms with Gasteiger partial charge in [-0.15, -0.1) is 0 Å². The molecule has 1 fully saturated rings. The van der Waals surface area contributed by atoms with Crippen LogP contribution in [0.4, 0.5) is 4.79 Å². The number of benzene rings is 1. The number of amides is 1. The molecule has 0 unspecified atom stereocenters. The van der Waals surface area contributed by atoms with Gasteiger partial charge >= 0.3 is 6.09 Å². The van der Waals surface area contributed by atoms with Crippen molar-refractivity contribution in [3.63, 3.8) is 0 Å². The zero-order valence-electron chi connectivity index (χ0n) is 18.7. The van der Waals surface area contributed by atoms with Gasteiger partial charge in [0.2, 0.25) is 5.78 Å². The Bertz CT molecular complexity index is 744. The summed E-state index contributed by atoms with van der Waals surface area (Å²) in [6.45, 7) is 3.79. The van der Waals surface area contributed by atoms with Crippen molar-refractivity contribution in [2.75, 3.05) is 0 Å². The van der Waals surface area contributed by atoms with E-state index in [0.717, 1.165) is 44.1 Å². The van der Waals surface area contributed by atoms with Crippen LogP contribution in [0.5, 0.6) is 0 Å². The molecule has 0 radical (unpaired) electrons. The molecule has 1 amide bonds. The average molecular weight is 430 g/mol. The van der Waals surface area contributed by atoms with Crippen LogP contribution in [0, 0.1) is 11.8 Å². The molecule has 1 aromatic carbocycles. The number of rotatable bonds is 7. The van der Waals surface area contributed by atoms with Crippen LogP contribution in [0.15, 0.2) is 30.3 Å². The summed E-state index contributed by atoms with van der Waals surface area (Å²) in [6.07, 6.45) is 5.82. The Kier molecular flexibility index (Phi) is 10.4. The van der Waals surface area contributed by atoms with E-state index in [2.05, 4.69) is 5.32 Å². The predicted molar refractivity (Wildman–Crippen MR) is 118 cm³/mol. The topological polar surface area (TPSA) is 89.5 Å². The lowest BCUT2D eigenvalue weighted by molar-refractivity contribution is -0.140. The van der Waals surface area contributed by atoms with E-state index in [9.17, 15) is 19.2 Å². The van der Waals surface area contributed by atoms with Crippen LogP contribution in [0.3, 0.4) is 0 Å². The normalized spacial score (nSPS) is 19.4. The lowest BCUT2D eigenvalue weighted by atomic mass is 9.85. The van der Waals surface area contributed by atoms with Gasteiger partial charge in [-0.25, -0.2) is 4.79 Å². The fourth-order valence-electron chi connectivity index (χ4n) is 3.94. The van der Waals surface area contributed by atoms with E-state index in [-0.39, 0.29) is 36.9 Å². The summed E-state index contributed by atoms with van der Waals surface area (Å²) in [6, 6.07) is 8.53. The molecule has 0 aromatic heterocycles. The largest absolute Gasteiger partial charge is 0.445 e. The predicted octanol–water partition coefficient (Wildman–Crippen LogP) is 4.79. The van der Waals surface area contributed by atoms with Crippen molar-refractivity contribution in [1.29, 1.82) is 0 Å². The molecule has 0 bridgehead atoms. The summed E-state index contributed by atoms with van der Waals surface area (Å²) >= 11 is 0. The van der Waals surface area contributed by atoms with Gasteiger partial charge in [0.25, 0.3) is 0 Å². The molecular weight excluding hydrogens is 394 g/mol. The Balaban J connectivity index is 1.97. The summed E-state index contributed by atoms with van der Waals surface area (Å²) < 4.78 is 5.24. The maximum Gasteiger partial charge on any atom is 0.408 e. The van der Waals surface area contributed by atoms with E-state index in [1.54, 1.807) is 0 Å². The third kappa shape index (κ3) is 8.64. The summed E-state index contributed by atoms with van der Waals surface area (Å²) in [5, 5.41) is 2.66. The van der Waals surface area contributed by atoms with Gasteiger partial charge in [-0.05, 0) is 24.3 Å². The average Bonchev–Trinajstić information content (AvgIpc) is 2.79. The zero-order chi connectivity index (χ0) is 22.6. The second-order valence-electron chi connectivity index (χ2n) is 8.74. The molecule has 2 atom stereocenters. The van der Waals surface area contributed by atoms with Crippen LogP contribution in [0.2, 0.25) is 0 Å². The Morgan fingerprint density at radius 2 is 1.65 bits per heavy atom. The Morgan fingerprint density at radius 1 is 1.00 bits per heavy atom. The van der Waals surface area contributed by atoms with Gasteiger partial charge in [-0.1, -0.05) is 76.3 Å². The number of ether oxygens (including phenoxy) is 1. The highest BCUT2D eigenvalue weighted by Crippen LogP contribution is 2.22. The van der Waals surface area contributed by atoms with Crippen molar-refractivity contribution >= 4 is 23.4 Å². The lowest BCUT2D eigenvalue weighted by Gasteiger charge is -2.23. The van der Waals surface area contributed by atoms with Crippen LogP contribution in [0.25, 0.3) is 0 Å². The molecule has 1 aliphatic carbocycles. The molecule has 0 heterocycles. The standard InChI is InChI=1S/C25H35NO5/c1-18(2)23(26-25(30)31-17-19-12-8-7-9-13-19)22(28)16-20-14-10-5-3-4-6-11-15-21(27)24(20)29/h7-9,12-13,18,20,23H,3-6,10-11,14-17H2,1-2H3,(H,26,30)/t20-,23+/m1/s1. The SMILES string of the molecule is CC(C)[C@H](NC(=O)OCc1ccccc1)C(=O)C[C@H]1CCCCCCCCC(=O)C1=O. The second kappa shape index (κ2) is 13.0. The molecule has 6 heteroatoms. The molecule has 2 rings (SSSR count). The zero-order valence-corrected chi connectivity index (χ0v) is 18.7. The van der Waals surface area contributed by atoms with E-state index < -0.39 is 23.8 Å². The molecule has 1 aromatic rings. The van der Waals surface area contributed by atoms with Crippen molar-refractivity contribution in [1.82, 2.24) is 5.32 Å². The van der Waals surface area contributed by atoms with Crippen molar-refractivity contribution in [2.45, 2.75) is 84.3 Å². The molecule has 0 spiro atoms. The number of nitrogens with one attached hydrogen (secondary N) is 1. The molecule has 1 saturated carbocycles. The van der Waals surface area contributed by atoms with Gasteiger partial charge in [0, 0.05) is 18.8 Å². The molecule has 170 valence electrons. The number of hydrogen-bond donors (Lipinski definition) is 1. The number of ketones is 3. The van der Waals surface area contributed by atoms with Gasteiger partial charge in [-0.2, -0.15) is 0 Å². The highest BCUT2D eigenvalue weighted by Gasteiger charge is 2.32. The number of Topliss-reactive ketones (excluding diaryl/α,β-unsaturated/α-hetero) is 3. The van der Waals surface area contributed by atoms with Crippen LogP contribution in [-0.2, 0) is 25.7 Å². The fourth-order valence-corrected chi connectivity index (χ4v) is 3.94. The van der Waals surface area contributed by atoms with Gasteiger partial charge in [0.05, 0.1) is 6.04 Å². The summed E-state index contributed by atoms with van der Waals surface area (Å²) in [5.41, 5.74) is 0.853. The van der Waals surface area contributed by atoms with Crippen molar-refractivity contribution < 1.29 is 23.9 Å². The third-order valence-electron chi connectivity index (χ3n) is 5.80. The minimum atomic E-state index is -0.760. The van der Waals surface area contributed by atoms with Gasteiger partial charge in [0.1, 0.15) is 6.61 Å². The number of carbonyl (C=O) groups excluding carboxylic acids is 4. The van der Waals surface area contributed by atoms with Gasteiger partial charge in [-0.3, -0.25) is 14.4 Å². The first-order chi connectivity index (χ1) is 14.9. The summed E-state index contributed by atoms with van der Waals surface area (Å²) in [5.74, 6) is -1.78. The van der Waals surface area contributed by atoms with Crippen LogP contribution >= 0.6 is 0 Å². The van der Waals surface area contributed by atoms with Crippen molar-refractivity contribution in [3.05, 3.63) is 35.9 Å². The van der Waals surface area contributed by atoms with E-state index >= 15 is 0 Å². The smallest absolute Gasteiger partial charge is 0.408 e. The fraction of sp³-hybridized carbons (Fsp3) is 0.600. The van der Waals surface area contributed by atoms with Crippen molar-refractivity contribution in [2.24, 2.45) is 11.8 Å². The maximum atomic E-state index is 13.0. The first-order valence-corrected chi connectivity index (χ1v) is 11.5. The number of carbonyl (C=O) groups is 4. The second-order valence-corrected chi connectivity index (χ2v) is 8.74. The minimum Gasteiger partial charge on any atom is -0.445 e. The van der Waals surface area contributed by atoms with E-state index in [0.29, 0.717) is 6.42 Å². The minimum absolute atomic E-state index is 0.0214. The molecule has 6 nitrogen and oxygen atoms in total. The Labute approximate surface area is 185 Å². The Hall–Kier alpha value is -2.50. The molecule has 31 heavy (non-hydrogen) atoms. The van der Waals surface area contributed by atoms with Crippen molar-refractivity contribution in [3.8, 4) is 0 Å². The van der Waals surface area contributed by atoms with E-state index in [1.807, 2.05) is 44.2 Å². The number of alkyl carbamates (subject to hydrolysis) is 1. The van der Waals surface area contributed by atoms with E-state index in [1.165, 1.54) is 0 Å². The first kappa shape index (κ1) is 24.8. The van der Waals surface area contributed by atoms with Crippen LogP contribution < -0.4 is 5.32 Å². The maximum absolute atomic E-state index is 13.0. The summed E-state index contributed by atoms with van der Waals surface area (Å²) in [7, 11) is 0. The Morgan fingerprint density at radius 3 is 2.32 bits per heavy atom. The lowest BCUT2D eigenvalue weighted by Crippen LogP contribution is -2.45. The van der Waals surface area contributed by atoms with Gasteiger partial charge < -0.3 is 10.1 Å². The van der Waals surface area contributed by atoms with E-state index in [4.69, 9.17) is 4.74 Å².